The van der Waals surface area contributed by atoms with E-state index in [0.29, 0.717) is 5.92 Å². The number of hydrogen-bond donors (Lipinski definition) is 1. The van der Waals surface area contributed by atoms with Crippen molar-refractivity contribution < 1.29 is 9.47 Å². The highest BCUT2D eigenvalue weighted by Gasteiger charge is 2.19. The van der Waals surface area contributed by atoms with E-state index in [1.165, 1.54) is 16.3 Å². The number of nitrogens with one attached hydrogen (secondary N) is 1. The van der Waals surface area contributed by atoms with Crippen LogP contribution in [0.25, 0.3) is 10.8 Å². The Labute approximate surface area is 126 Å². The van der Waals surface area contributed by atoms with Crippen LogP contribution < -0.4 is 10.1 Å². The fraction of sp³-hybridized carbons (Fsp3) is 0.444. The molecule has 2 aromatic rings. The zero-order chi connectivity index (χ0) is 14.7. The molecule has 3 heteroatoms. The van der Waals surface area contributed by atoms with Gasteiger partial charge in [-0.3, -0.25) is 0 Å². The van der Waals surface area contributed by atoms with Crippen molar-refractivity contribution in [2.24, 2.45) is 5.92 Å². The third kappa shape index (κ3) is 3.04. The minimum atomic E-state index is 0.268. The first-order valence-electron chi connectivity index (χ1n) is 7.69. The predicted octanol–water partition coefficient (Wildman–Crippen LogP) is 3.54. The maximum Gasteiger partial charge on any atom is 0.131 e. The predicted molar refractivity (Wildman–Crippen MR) is 85.8 cm³/mol. The van der Waals surface area contributed by atoms with Gasteiger partial charge in [-0.2, -0.15) is 0 Å². The second-order valence-corrected chi connectivity index (χ2v) is 5.76. The smallest absolute Gasteiger partial charge is 0.131 e. The van der Waals surface area contributed by atoms with E-state index in [2.05, 4.69) is 48.6 Å². The molecule has 0 spiro atoms. The average Bonchev–Trinajstić information content (AvgIpc) is 3.05. The summed E-state index contributed by atoms with van der Waals surface area (Å²) in [6, 6.07) is 13.0. The van der Waals surface area contributed by atoms with E-state index in [1.54, 1.807) is 0 Å². The molecule has 1 fully saturated rings. The number of ether oxygens (including phenoxy) is 2. The normalized spacial score (nSPS) is 19.8. The first-order chi connectivity index (χ1) is 10.3. The van der Waals surface area contributed by atoms with Gasteiger partial charge in [0.1, 0.15) is 5.75 Å². The van der Waals surface area contributed by atoms with E-state index < -0.39 is 0 Å². The van der Waals surface area contributed by atoms with Crippen molar-refractivity contribution in [2.75, 3.05) is 26.9 Å². The molecule has 1 aliphatic heterocycles. The number of hydrogen-bond acceptors (Lipinski definition) is 3. The summed E-state index contributed by atoms with van der Waals surface area (Å²) in [4.78, 5) is 0. The molecule has 3 rings (SSSR count). The highest BCUT2D eigenvalue weighted by molar-refractivity contribution is 5.89. The van der Waals surface area contributed by atoms with Crippen LogP contribution in [0.4, 0.5) is 0 Å². The Morgan fingerprint density at radius 1 is 1.29 bits per heavy atom. The zero-order valence-corrected chi connectivity index (χ0v) is 12.8. The topological polar surface area (TPSA) is 30.5 Å². The van der Waals surface area contributed by atoms with Gasteiger partial charge in [-0.1, -0.05) is 36.4 Å². The molecule has 1 heterocycles. The second-order valence-electron chi connectivity index (χ2n) is 5.76. The van der Waals surface area contributed by atoms with Crippen LogP contribution in [-0.4, -0.2) is 26.9 Å². The Hall–Kier alpha value is -1.58. The summed E-state index contributed by atoms with van der Waals surface area (Å²) in [5.74, 6) is 1.53. The van der Waals surface area contributed by atoms with Crippen LogP contribution in [0.5, 0.6) is 5.75 Å². The molecule has 2 atom stereocenters. The van der Waals surface area contributed by atoms with E-state index in [9.17, 15) is 0 Å². The Balaban J connectivity index is 1.94. The van der Waals surface area contributed by atoms with Gasteiger partial charge in [0, 0.05) is 29.5 Å². The lowest BCUT2D eigenvalue weighted by molar-refractivity contribution is 0.167. The van der Waals surface area contributed by atoms with E-state index in [4.69, 9.17) is 9.47 Å². The molecule has 0 aromatic heterocycles. The summed E-state index contributed by atoms with van der Waals surface area (Å²) in [7, 11) is 1.98. The second kappa shape index (κ2) is 6.46. The van der Waals surface area contributed by atoms with Crippen LogP contribution in [0.1, 0.15) is 24.9 Å². The van der Waals surface area contributed by atoms with Crippen LogP contribution in [0.15, 0.2) is 36.4 Å². The van der Waals surface area contributed by atoms with Crippen LogP contribution in [-0.2, 0) is 4.74 Å². The molecule has 1 aliphatic rings. The van der Waals surface area contributed by atoms with Crippen molar-refractivity contribution in [1.82, 2.24) is 5.32 Å². The van der Waals surface area contributed by atoms with E-state index in [-0.39, 0.29) is 6.04 Å². The Kier molecular flexibility index (Phi) is 4.42. The number of fused-ring (bicyclic) bond motifs is 1. The minimum absolute atomic E-state index is 0.268. The van der Waals surface area contributed by atoms with Gasteiger partial charge in [-0.15, -0.1) is 0 Å². The lowest BCUT2D eigenvalue weighted by atomic mass is 10.0. The summed E-state index contributed by atoms with van der Waals surface area (Å²) in [6.45, 7) is 4.58. The SMILES string of the molecule is CNC(C)c1ccc2ccccc2c1OCC1CCOC1. The quantitative estimate of drug-likeness (QED) is 0.911. The lowest BCUT2D eigenvalue weighted by Crippen LogP contribution is -2.16. The third-order valence-corrected chi connectivity index (χ3v) is 4.30. The molecule has 3 nitrogen and oxygen atoms in total. The molecule has 1 N–H and O–H groups in total. The molecule has 2 unspecified atom stereocenters. The van der Waals surface area contributed by atoms with Crippen molar-refractivity contribution in [3.05, 3.63) is 42.0 Å². The first kappa shape index (κ1) is 14.4. The Morgan fingerprint density at radius 2 is 2.14 bits per heavy atom. The average molecular weight is 285 g/mol. The molecule has 21 heavy (non-hydrogen) atoms. The first-order valence-corrected chi connectivity index (χ1v) is 7.69. The van der Waals surface area contributed by atoms with Crippen molar-refractivity contribution in [2.45, 2.75) is 19.4 Å². The van der Waals surface area contributed by atoms with E-state index >= 15 is 0 Å². The molecule has 2 aromatic carbocycles. The largest absolute Gasteiger partial charge is 0.492 e. The van der Waals surface area contributed by atoms with Gasteiger partial charge in [0.15, 0.2) is 0 Å². The number of rotatable bonds is 5. The monoisotopic (exact) mass is 285 g/mol. The molecule has 112 valence electrons. The maximum absolute atomic E-state index is 6.24. The fourth-order valence-electron chi connectivity index (χ4n) is 2.83. The lowest BCUT2D eigenvalue weighted by Gasteiger charge is -2.20. The molecular weight excluding hydrogens is 262 g/mol. The van der Waals surface area contributed by atoms with Crippen LogP contribution in [0.3, 0.4) is 0 Å². The van der Waals surface area contributed by atoms with Crippen LogP contribution >= 0.6 is 0 Å². The van der Waals surface area contributed by atoms with E-state index in [1.807, 2.05) is 7.05 Å². The third-order valence-electron chi connectivity index (χ3n) is 4.30. The minimum Gasteiger partial charge on any atom is -0.492 e. The fourth-order valence-corrected chi connectivity index (χ4v) is 2.83. The van der Waals surface area contributed by atoms with Gasteiger partial charge >= 0.3 is 0 Å². The van der Waals surface area contributed by atoms with Gasteiger partial charge < -0.3 is 14.8 Å². The Bertz CT molecular complexity index is 605. The van der Waals surface area contributed by atoms with Gasteiger partial charge in [-0.25, -0.2) is 0 Å². The van der Waals surface area contributed by atoms with Crippen molar-refractivity contribution in [1.29, 1.82) is 0 Å². The molecule has 0 bridgehead atoms. The van der Waals surface area contributed by atoms with Gasteiger partial charge in [-0.05, 0) is 25.8 Å². The highest BCUT2D eigenvalue weighted by atomic mass is 16.5. The standard InChI is InChI=1S/C18H23NO2/c1-13(19-2)16-8-7-15-5-3-4-6-17(15)18(16)21-12-14-9-10-20-11-14/h3-8,13-14,19H,9-12H2,1-2H3. The summed E-state index contributed by atoms with van der Waals surface area (Å²) >= 11 is 0. The van der Waals surface area contributed by atoms with Crippen molar-refractivity contribution in [3.63, 3.8) is 0 Å². The van der Waals surface area contributed by atoms with E-state index in [0.717, 1.165) is 32.0 Å². The molecule has 0 aliphatic carbocycles. The summed E-state index contributed by atoms with van der Waals surface area (Å²) in [5.41, 5.74) is 1.22. The Morgan fingerprint density at radius 3 is 2.90 bits per heavy atom. The van der Waals surface area contributed by atoms with Crippen LogP contribution in [0.2, 0.25) is 0 Å². The van der Waals surface area contributed by atoms with Crippen LogP contribution in [0, 0.1) is 5.92 Å². The molecular formula is C18H23NO2. The maximum atomic E-state index is 6.24. The van der Waals surface area contributed by atoms with Crippen molar-refractivity contribution in [3.8, 4) is 5.75 Å². The molecule has 0 amide bonds. The summed E-state index contributed by atoms with van der Waals surface area (Å²) < 4.78 is 11.7. The molecule has 0 radical (unpaired) electrons. The molecule has 1 saturated heterocycles. The summed E-state index contributed by atoms with van der Waals surface area (Å²) in [5, 5.41) is 5.72. The van der Waals surface area contributed by atoms with Gasteiger partial charge in [0.2, 0.25) is 0 Å². The molecule has 0 saturated carbocycles. The van der Waals surface area contributed by atoms with Gasteiger partial charge in [0.05, 0.1) is 13.2 Å². The zero-order valence-electron chi connectivity index (χ0n) is 12.8. The van der Waals surface area contributed by atoms with Crippen molar-refractivity contribution >= 4 is 10.8 Å². The summed E-state index contributed by atoms with van der Waals surface area (Å²) in [6.07, 6.45) is 1.10. The highest BCUT2D eigenvalue weighted by Crippen LogP contribution is 2.34. The number of benzene rings is 2. The van der Waals surface area contributed by atoms with Gasteiger partial charge in [0.25, 0.3) is 0 Å².